The summed E-state index contributed by atoms with van der Waals surface area (Å²) in [6.07, 6.45) is 9.05. The molecule has 0 aromatic carbocycles. The minimum atomic E-state index is 0.285. The lowest BCUT2D eigenvalue weighted by atomic mass is 10.0. The van der Waals surface area contributed by atoms with Gasteiger partial charge in [0.05, 0.1) is 17.9 Å². The molecule has 5 heteroatoms. The number of hydrogen-bond donors (Lipinski definition) is 1. The first-order valence-electron chi connectivity index (χ1n) is 7.40. The van der Waals surface area contributed by atoms with Gasteiger partial charge in [-0.1, -0.05) is 6.42 Å². The van der Waals surface area contributed by atoms with Crippen molar-refractivity contribution in [3.8, 4) is 5.69 Å². The van der Waals surface area contributed by atoms with E-state index in [0.717, 1.165) is 35.6 Å². The van der Waals surface area contributed by atoms with Gasteiger partial charge in [-0.3, -0.25) is 9.55 Å². The quantitative estimate of drug-likeness (QED) is 0.783. The van der Waals surface area contributed by atoms with Gasteiger partial charge in [-0.2, -0.15) is 0 Å². The Morgan fingerprint density at radius 1 is 1.14 bits per heavy atom. The Labute approximate surface area is 123 Å². The van der Waals surface area contributed by atoms with Gasteiger partial charge in [0.25, 0.3) is 0 Å². The van der Waals surface area contributed by atoms with Gasteiger partial charge in [-0.25, -0.2) is 9.97 Å². The van der Waals surface area contributed by atoms with Crippen molar-refractivity contribution in [3.05, 3.63) is 48.7 Å². The monoisotopic (exact) mass is 279 g/mol. The van der Waals surface area contributed by atoms with Crippen LogP contribution in [0, 0.1) is 0 Å². The maximum absolute atomic E-state index is 4.82. The molecule has 21 heavy (non-hydrogen) atoms. The second-order valence-electron chi connectivity index (χ2n) is 5.37. The van der Waals surface area contributed by atoms with Gasteiger partial charge in [-0.05, 0) is 43.7 Å². The third kappa shape index (κ3) is 2.19. The predicted molar refractivity (Wildman–Crippen MR) is 81.3 cm³/mol. The Hall–Kier alpha value is -2.27. The fourth-order valence-electron chi connectivity index (χ4n) is 2.98. The van der Waals surface area contributed by atoms with E-state index in [-0.39, 0.29) is 6.04 Å². The first-order valence-corrected chi connectivity index (χ1v) is 7.40. The molecule has 1 unspecified atom stereocenters. The van der Waals surface area contributed by atoms with E-state index >= 15 is 0 Å². The van der Waals surface area contributed by atoms with Crippen molar-refractivity contribution in [1.82, 2.24) is 24.8 Å². The molecule has 0 aliphatic carbocycles. The largest absolute Gasteiger partial charge is 0.307 e. The Morgan fingerprint density at radius 2 is 2.10 bits per heavy atom. The van der Waals surface area contributed by atoms with Crippen molar-refractivity contribution < 1.29 is 0 Å². The van der Waals surface area contributed by atoms with Crippen molar-refractivity contribution in [2.24, 2.45) is 0 Å². The van der Waals surface area contributed by atoms with Gasteiger partial charge >= 0.3 is 0 Å². The van der Waals surface area contributed by atoms with Crippen molar-refractivity contribution >= 4 is 11.2 Å². The highest BCUT2D eigenvalue weighted by molar-refractivity contribution is 5.73. The molecule has 0 amide bonds. The van der Waals surface area contributed by atoms with Crippen molar-refractivity contribution in [2.45, 2.75) is 25.3 Å². The van der Waals surface area contributed by atoms with E-state index in [0.29, 0.717) is 0 Å². The van der Waals surface area contributed by atoms with Gasteiger partial charge in [0, 0.05) is 12.4 Å². The summed E-state index contributed by atoms with van der Waals surface area (Å²) in [6.45, 7) is 1.05. The number of nitrogens with one attached hydrogen (secondary N) is 1. The van der Waals surface area contributed by atoms with Crippen LogP contribution in [0.2, 0.25) is 0 Å². The molecular weight excluding hydrogens is 262 g/mol. The standard InChI is InChI=1S/C16H17N5/c1-2-9-18-13(6-1)16-20-14-7-4-10-19-15(14)21(16)12-5-3-8-17-11-12/h3-5,7-8,10-11,13,18H,1-2,6,9H2. The van der Waals surface area contributed by atoms with Crippen LogP contribution in [0.25, 0.3) is 16.9 Å². The summed E-state index contributed by atoms with van der Waals surface area (Å²) < 4.78 is 2.13. The van der Waals surface area contributed by atoms with Crippen LogP contribution in [-0.4, -0.2) is 26.1 Å². The van der Waals surface area contributed by atoms with E-state index in [1.54, 1.807) is 6.20 Å². The molecule has 1 saturated heterocycles. The van der Waals surface area contributed by atoms with Crippen LogP contribution in [0.1, 0.15) is 31.1 Å². The number of rotatable bonds is 2. The van der Waals surface area contributed by atoms with Gasteiger partial charge < -0.3 is 5.32 Å². The Balaban J connectivity index is 1.92. The van der Waals surface area contributed by atoms with Gasteiger partial charge in [0.15, 0.2) is 5.65 Å². The van der Waals surface area contributed by atoms with Gasteiger partial charge in [-0.15, -0.1) is 0 Å². The second kappa shape index (κ2) is 5.26. The SMILES string of the molecule is c1cncc(-n2c(C3CCCCN3)nc3cccnc32)c1. The molecule has 0 spiro atoms. The van der Waals surface area contributed by atoms with Gasteiger partial charge in [0.2, 0.25) is 0 Å². The average Bonchev–Trinajstić information content (AvgIpc) is 2.96. The summed E-state index contributed by atoms with van der Waals surface area (Å²) in [5.74, 6) is 1.04. The lowest BCUT2D eigenvalue weighted by Crippen LogP contribution is -2.29. The molecule has 0 bridgehead atoms. The molecule has 1 N–H and O–H groups in total. The summed E-state index contributed by atoms with van der Waals surface area (Å²) in [4.78, 5) is 13.6. The van der Waals surface area contributed by atoms with Crippen molar-refractivity contribution in [3.63, 3.8) is 0 Å². The Kier molecular flexibility index (Phi) is 3.12. The van der Waals surface area contributed by atoms with Crippen LogP contribution >= 0.6 is 0 Å². The highest BCUT2D eigenvalue weighted by Crippen LogP contribution is 2.28. The van der Waals surface area contributed by atoms with Crippen molar-refractivity contribution in [2.75, 3.05) is 6.54 Å². The Bertz CT molecular complexity index is 744. The minimum absolute atomic E-state index is 0.285. The molecule has 0 saturated carbocycles. The zero-order valence-corrected chi connectivity index (χ0v) is 11.7. The molecule has 1 atom stereocenters. The van der Waals surface area contributed by atoms with Crippen LogP contribution in [0.4, 0.5) is 0 Å². The maximum Gasteiger partial charge on any atom is 0.164 e. The second-order valence-corrected chi connectivity index (χ2v) is 5.37. The van der Waals surface area contributed by atoms with E-state index in [4.69, 9.17) is 4.98 Å². The first kappa shape index (κ1) is 12.5. The van der Waals surface area contributed by atoms with E-state index in [1.807, 2.05) is 30.6 Å². The summed E-state index contributed by atoms with van der Waals surface area (Å²) in [5.41, 5.74) is 2.85. The van der Waals surface area contributed by atoms with Crippen LogP contribution in [0.5, 0.6) is 0 Å². The first-order chi connectivity index (χ1) is 10.4. The molecule has 106 valence electrons. The number of fused-ring (bicyclic) bond motifs is 1. The van der Waals surface area contributed by atoms with Gasteiger partial charge in [0.1, 0.15) is 11.3 Å². The third-order valence-corrected chi connectivity index (χ3v) is 3.97. The van der Waals surface area contributed by atoms with E-state index in [2.05, 4.69) is 25.9 Å². The molecule has 1 fully saturated rings. The Morgan fingerprint density at radius 3 is 2.90 bits per heavy atom. The predicted octanol–water partition coefficient (Wildman–Crippen LogP) is 2.63. The number of aromatic nitrogens is 4. The molecule has 4 heterocycles. The van der Waals surface area contributed by atoms with E-state index in [9.17, 15) is 0 Å². The van der Waals surface area contributed by atoms with Crippen LogP contribution in [0.3, 0.4) is 0 Å². The zero-order chi connectivity index (χ0) is 14.1. The number of hydrogen-bond acceptors (Lipinski definition) is 4. The molecule has 1 aliphatic rings. The molecule has 0 radical (unpaired) electrons. The summed E-state index contributed by atoms with van der Waals surface area (Å²) in [6, 6.07) is 8.23. The number of nitrogens with zero attached hydrogens (tertiary/aromatic N) is 4. The molecule has 3 aromatic rings. The smallest absolute Gasteiger partial charge is 0.164 e. The zero-order valence-electron chi connectivity index (χ0n) is 11.7. The summed E-state index contributed by atoms with van der Waals surface area (Å²) in [7, 11) is 0. The molecular formula is C16H17N5. The molecule has 3 aromatic heterocycles. The fourth-order valence-corrected chi connectivity index (χ4v) is 2.98. The lowest BCUT2D eigenvalue weighted by Gasteiger charge is -2.23. The van der Waals surface area contributed by atoms with E-state index < -0.39 is 0 Å². The third-order valence-electron chi connectivity index (χ3n) is 3.97. The van der Waals surface area contributed by atoms with E-state index in [1.165, 1.54) is 12.8 Å². The topological polar surface area (TPSA) is 55.6 Å². The average molecular weight is 279 g/mol. The highest BCUT2D eigenvalue weighted by Gasteiger charge is 2.23. The summed E-state index contributed by atoms with van der Waals surface area (Å²) in [5, 5.41) is 3.57. The fraction of sp³-hybridized carbons (Fsp3) is 0.312. The molecule has 4 rings (SSSR count). The van der Waals surface area contributed by atoms with Crippen LogP contribution in [0.15, 0.2) is 42.9 Å². The number of piperidine rings is 1. The molecule has 1 aliphatic heterocycles. The highest BCUT2D eigenvalue weighted by atomic mass is 15.2. The summed E-state index contributed by atoms with van der Waals surface area (Å²) >= 11 is 0. The minimum Gasteiger partial charge on any atom is -0.307 e. The lowest BCUT2D eigenvalue weighted by molar-refractivity contribution is 0.395. The normalized spacial score (nSPS) is 19.0. The van der Waals surface area contributed by atoms with Crippen LogP contribution < -0.4 is 5.32 Å². The van der Waals surface area contributed by atoms with Crippen molar-refractivity contribution in [1.29, 1.82) is 0 Å². The van der Waals surface area contributed by atoms with Crippen LogP contribution in [-0.2, 0) is 0 Å². The molecule has 5 nitrogen and oxygen atoms in total. The number of imidazole rings is 1. The number of pyridine rings is 2. The maximum atomic E-state index is 4.82.